The van der Waals surface area contributed by atoms with Crippen LogP contribution in [-0.4, -0.2) is 82.8 Å². The summed E-state index contributed by atoms with van der Waals surface area (Å²) in [4.78, 5) is 56.6. The monoisotopic (exact) mass is 566 g/mol. The van der Waals surface area contributed by atoms with Gasteiger partial charge >= 0.3 is 0 Å². The van der Waals surface area contributed by atoms with E-state index in [9.17, 15) is 19.2 Å². The van der Waals surface area contributed by atoms with Gasteiger partial charge in [-0.3, -0.25) is 24.1 Å². The Morgan fingerprint density at radius 2 is 1.77 bits per heavy atom. The Labute approximate surface area is 241 Å². The van der Waals surface area contributed by atoms with Crippen molar-refractivity contribution in [2.75, 3.05) is 32.9 Å². The van der Waals surface area contributed by atoms with E-state index >= 15 is 0 Å². The molecule has 5 fully saturated rings. The van der Waals surface area contributed by atoms with Gasteiger partial charge in [-0.1, -0.05) is 6.07 Å². The molecule has 6 aliphatic rings. The zero-order valence-corrected chi connectivity index (χ0v) is 24.6. The van der Waals surface area contributed by atoms with E-state index in [1.54, 1.807) is 11.0 Å². The first-order valence-electron chi connectivity index (χ1n) is 15.1. The third-order valence-corrected chi connectivity index (χ3v) is 11.5. The number of hydrogen-bond acceptors (Lipinski definition) is 6. The molecule has 0 radical (unpaired) electrons. The molecule has 0 spiro atoms. The third kappa shape index (κ3) is 5.20. The molecule has 8 nitrogen and oxygen atoms in total. The Bertz CT molecular complexity index is 1170. The van der Waals surface area contributed by atoms with Gasteiger partial charge in [0.2, 0.25) is 11.8 Å². The fourth-order valence-corrected chi connectivity index (χ4v) is 9.48. The van der Waals surface area contributed by atoms with Crippen molar-refractivity contribution < 1.29 is 19.2 Å². The van der Waals surface area contributed by atoms with Gasteiger partial charge in [-0.15, -0.1) is 11.8 Å². The molecule has 0 aromatic heterocycles. The molecule has 4 bridgehead atoms. The number of hydrogen-bond donors (Lipinski definition) is 1. The van der Waals surface area contributed by atoms with E-state index in [1.807, 2.05) is 12.1 Å². The van der Waals surface area contributed by atoms with Gasteiger partial charge in [-0.2, -0.15) is 0 Å². The molecule has 2 heterocycles. The van der Waals surface area contributed by atoms with E-state index in [4.69, 9.17) is 0 Å². The zero-order chi connectivity index (χ0) is 28.0. The SMILES string of the molecule is CN1C(=O)CCC(N2Cc3c(SCC(=O)NCCCCN(C)C45CC6CC(CC(C6)C4)C5)cccc3C2=O)C1=O. The second-order valence-electron chi connectivity index (χ2n) is 13.0. The van der Waals surface area contributed by atoms with Crippen LogP contribution >= 0.6 is 11.8 Å². The minimum atomic E-state index is -0.620. The molecule has 1 saturated heterocycles. The summed E-state index contributed by atoms with van der Waals surface area (Å²) in [6.07, 6.45) is 11.3. The van der Waals surface area contributed by atoms with Gasteiger partial charge in [0.25, 0.3) is 11.8 Å². The molecule has 4 aliphatic carbocycles. The van der Waals surface area contributed by atoms with Crippen LogP contribution in [0.4, 0.5) is 0 Å². The van der Waals surface area contributed by atoms with Crippen LogP contribution in [0.3, 0.4) is 0 Å². The maximum absolute atomic E-state index is 13.1. The highest BCUT2D eigenvalue weighted by molar-refractivity contribution is 8.00. The highest BCUT2D eigenvalue weighted by Crippen LogP contribution is 2.57. The smallest absolute Gasteiger partial charge is 0.255 e. The van der Waals surface area contributed by atoms with Crippen molar-refractivity contribution in [3.8, 4) is 0 Å². The zero-order valence-electron chi connectivity index (χ0n) is 23.8. The fourth-order valence-electron chi connectivity index (χ4n) is 8.57. The summed E-state index contributed by atoms with van der Waals surface area (Å²) >= 11 is 1.44. The maximum Gasteiger partial charge on any atom is 0.255 e. The minimum absolute atomic E-state index is 0.000756. The summed E-state index contributed by atoms with van der Waals surface area (Å²) in [7, 11) is 3.81. The molecule has 1 N–H and O–H groups in total. The molecule has 1 unspecified atom stereocenters. The molecular formula is C31H42N4O4S. The lowest BCUT2D eigenvalue weighted by molar-refractivity contribution is -0.150. The number of likely N-dealkylation sites (N-methyl/N-ethyl adjacent to an activating group) is 1. The van der Waals surface area contributed by atoms with Crippen molar-refractivity contribution in [2.45, 2.75) is 87.2 Å². The van der Waals surface area contributed by atoms with E-state index in [-0.39, 0.29) is 35.8 Å². The summed E-state index contributed by atoms with van der Waals surface area (Å²) < 4.78 is 0. The van der Waals surface area contributed by atoms with Crippen molar-refractivity contribution in [2.24, 2.45) is 17.8 Å². The number of likely N-dealkylation sites (tertiary alicyclic amines) is 1. The van der Waals surface area contributed by atoms with E-state index in [1.165, 1.54) is 57.3 Å². The molecule has 4 amide bonds. The molecule has 7 rings (SSSR count). The summed E-state index contributed by atoms with van der Waals surface area (Å²) in [5.74, 6) is 2.45. The number of carbonyl (C=O) groups excluding carboxylic acids is 4. The van der Waals surface area contributed by atoms with Gasteiger partial charge in [0, 0.05) is 42.6 Å². The van der Waals surface area contributed by atoms with Crippen molar-refractivity contribution >= 4 is 35.4 Å². The molecule has 9 heteroatoms. The van der Waals surface area contributed by atoms with Crippen molar-refractivity contribution in [3.05, 3.63) is 29.3 Å². The number of nitrogens with one attached hydrogen (secondary N) is 1. The van der Waals surface area contributed by atoms with Gasteiger partial charge < -0.3 is 15.1 Å². The standard InChI is InChI=1S/C31H42N4O4S/c1-33(31-15-20-12-21(16-31)14-22(13-20)17-31)11-4-3-10-32-27(36)19-40-26-7-5-6-23-24(26)18-35(29(23)38)25-8-9-28(37)34(2)30(25)39/h5-7,20-22,25H,3-4,8-19H2,1-2H3,(H,32,36). The Balaban J connectivity index is 0.946. The first-order valence-corrected chi connectivity index (χ1v) is 16.1. The molecular weight excluding hydrogens is 524 g/mol. The van der Waals surface area contributed by atoms with Crippen molar-refractivity contribution in [3.63, 3.8) is 0 Å². The number of fused-ring (bicyclic) bond motifs is 1. The molecule has 40 heavy (non-hydrogen) atoms. The number of carbonyl (C=O) groups is 4. The number of rotatable bonds is 10. The van der Waals surface area contributed by atoms with Gasteiger partial charge in [0.05, 0.1) is 5.75 Å². The average molecular weight is 567 g/mol. The van der Waals surface area contributed by atoms with Crippen molar-refractivity contribution in [1.82, 2.24) is 20.0 Å². The summed E-state index contributed by atoms with van der Waals surface area (Å²) in [5, 5.41) is 3.08. The lowest BCUT2D eigenvalue weighted by atomic mass is 9.52. The number of amides is 4. The van der Waals surface area contributed by atoms with Gasteiger partial charge in [0.1, 0.15) is 6.04 Å². The average Bonchev–Trinajstić information content (AvgIpc) is 3.26. The first-order chi connectivity index (χ1) is 19.2. The number of thioether (sulfide) groups is 1. The molecule has 1 aromatic rings. The number of unbranched alkanes of at least 4 members (excludes halogenated alkanes) is 1. The van der Waals surface area contributed by atoms with Crippen LogP contribution in [0.15, 0.2) is 23.1 Å². The van der Waals surface area contributed by atoms with Gasteiger partial charge in [0.15, 0.2) is 0 Å². The molecule has 1 aromatic carbocycles. The summed E-state index contributed by atoms with van der Waals surface area (Å²) in [6.45, 7) is 2.11. The number of imide groups is 1. The fraction of sp³-hybridized carbons (Fsp3) is 0.677. The molecule has 1 atom stereocenters. The maximum atomic E-state index is 13.1. The summed E-state index contributed by atoms with van der Waals surface area (Å²) in [6, 6.07) is 4.93. The lowest BCUT2D eigenvalue weighted by Crippen LogP contribution is -2.59. The third-order valence-electron chi connectivity index (χ3n) is 10.4. The predicted molar refractivity (Wildman–Crippen MR) is 154 cm³/mol. The van der Waals surface area contributed by atoms with E-state index in [0.717, 1.165) is 52.5 Å². The van der Waals surface area contributed by atoms with Crippen LogP contribution < -0.4 is 5.32 Å². The van der Waals surface area contributed by atoms with Crippen LogP contribution in [0.1, 0.15) is 80.1 Å². The van der Waals surface area contributed by atoms with Crippen LogP contribution in [0.25, 0.3) is 0 Å². The Morgan fingerprint density at radius 1 is 1.07 bits per heavy atom. The van der Waals surface area contributed by atoms with Crippen LogP contribution in [-0.2, 0) is 20.9 Å². The second-order valence-corrected chi connectivity index (χ2v) is 14.0. The topological polar surface area (TPSA) is 90.0 Å². The number of piperidine rings is 1. The van der Waals surface area contributed by atoms with Crippen molar-refractivity contribution in [1.29, 1.82) is 0 Å². The highest BCUT2D eigenvalue weighted by Gasteiger charge is 2.52. The molecule has 216 valence electrons. The summed E-state index contributed by atoms with van der Waals surface area (Å²) in [5.41, 5.74) is 1.89. The minimum Gasteiger partial charge on any atom is -0.355 e. The Morgan fingerprint density at radius 3 is 2.48 bits per heavy atom. The van der Waals surface area contributed by atoms with Gasteiger partial charge in [-0.05, 0) is 107 Å². The van der Waals surface area contributed by atoms with E-state index in [0.29, 0.717) is 30.6 Å². The van der Waals surface area contributed by atoms with E-state index in [2.05, 4.69) is 17.3 Å². The van der Waals surface area contributed by atoms with Crippen LogP contribution in [0.5, 0.6) is 0 Å². The number of nitrogens with zero attached hydrogens (tertiary/aromatic N) is 3. The Kier molecular flexibility index (Phi) is 7.72. The molecule has 2 aliphatic heterocycles. The number of benzene rings is 1. The molecule has 4 saturated carbocycles. The predicted octanol–water partition coefficient (Wildman–Crippen LogP) is 3.68. The largest absolute Gasteiger partial charge is 0.355 e. The van der Waals surface area contributed by atoms with E-state index < -0.39 is 6.04 Å². The Hall–Kier alpha value is -2.39. The van der Waals surface area contributed by atoms with Gasteiger partial charge in [-0.25, -0.2) is 0 Å². The normalized spacial score (nSPS) is 30.9. The first kappa shape index (κ1) is 27.8. The second kappa shape index (κ2) is 11.1. The quantitative estimate of drug-likeness (QED) is 0.264. The van der Waals surface area contributed by atoms with Crippen LogP contribution in [0, 0.1) is 17.8 Å². The highest BCUT2D eigenvalue weighted by atomic mass is 32.2. The van der Waals surface area contributed by atoms with Crippen LogP contribution in [0.2, 0.25) is 0 Å². The lowest BCUT2D eigenvalue weighted by Gasteiger charge is -2.60.